The average molecular weight is 428 g/mol. The zero-order valence-corrected chi connectivity index (χ0v) is 17.4. The molecule has 4 rings (SSSR count). The fourth-order valence-electron chi connectivity index (χ4n) is 3.64. The highest BCUT2D eigenvalue weighted by Gasteiger charge is 2.22. The van der Waals surface area contributed by atoms with Crippen LogP contribution in [0.25, 0.3) is 0 Å². The fraction of sp³-hybridized carbons (Fsp3) is 0.304. The van der Waals surface area contributed by atoms with E-state index >= 15 is 0 Å². The number of rotatable bonds is 7. The first kappa shape index (κ1) is 20.6. The number of likely N-dealkylation sites (tertiary alicyclic amines) is 1. The molecule has 2 aromatic carbocycles. The Kier molecular flexibility index (Phi) is 6.50. The van der Waals surface area contributed by atoms with E-state index < -0.39 is 0 Å². The Morgan fingerprint density at radius 3 is 2.47 bits per heavy atom. The van der Waals surface area contributed by atoms with Crippen LogP contribution in [-0.2, 0) is 19.6 Å². The summed E-state index contributed by atoms with van der Waals surface area (Å²) in [4.78, 5) is 21.0. The Labute approximate surface area is 178 Å². The van der Waals surface area contributed by atoms with E-state index in [1.165, 1.54) is 29.5 Å². The monoisotopic (exact) mass is 427 g/mol. The Morgan fingerprint density at radius 1 is 1.00 bits per heavy atom. The van der Waals surface area contributed by atoms with Gasteiger partial charge in [0.1, 0.15) is 22.3 Å². The van der Waals surface area contributed by atoms with Gasteiger partial charge in [0.25, 0.3) is 5.91 Å². The summed E-state index contributed by atoms with van der Waals surface area (Å²) < 4.78 is 27.5. The molecule has 1 aromatic heterocycles. The van der Waals surface area contributed by atoms with Gasteiger partial charge in [-0.1, -0.05) is 30.3 Å². The number of nitrogens with zero attached hydrogens (tertiary/aromatic N) is 3. The lowest BCUT2D eigenvalue weighted by Gasteiger charge is -2.22. The molecule has 1 amide bonds. The molecule has 1 fully saturated rings. The van der Waals surface area contributed by atoms with Crippen LogP contribution < -0.4 is 0 Å². The Bertz CT molecular complexity index is 1000. The van der Waals surface area contributed by atoms with Crippen LogP contribution in [0.2, 0.25) is 0 Å². The van der Waals surface area contributed by atoms with E-state index in [1.54, 1.807) is 29.6 Å². The van der Waals surface area contributed by atoms with E-state index in [1.807, 2.05) is 11.0 Å². The molecule has 0 unspecified atom stereocenters. The van der Waals surface area contributed by atoms with Gasteiger partial charge < -0.3 is 4.90 Å². The molecule has 1 aliphatic heterocycles. The maximum absolute atomic E-state index is 14.2. The molecule has 7 heteroatoms. The minimum atomic E-state index is -0.288. The molecule has 2 heterocycles. The van der Waals surface area contributed by atoms with Crippen molar-refractivity contribution < 1.29 is 13.6 Å². The summed E-state index contributed by atoms with van der Waals surface area (Å²) in [5.74, 6) is -0.566. The van der Waals surface area contributed by atoms with E-state index in [0.717, 1.165) is 36.5 Å². The predicted molar refractivity (Wildman–Crippen MR) is 113 cm³/mol. The molecule has 30 heavy (non-hydrogen) atoms. The Balaban J connectivity index is 1.51. The van der Waals surface area contributed by atoms with Gasteiger partial charge in [0.05, 0.1) is 6.54 Å². The van der Waals surface area contributed by atoms with Crippen molar-refractivity contribution in [3.8, 4) is 0 Å². The second-order valence-electron chi connectivity index (χ2n) is 7.49. The third kappa shape index (κ3) is 5.09. The van der Waals surface area contributed by atoms with Crippen molar-refractivity contribution in [2.75, 3.05) is 13.1 Å². The van der Waals surface area contributed by atoms with E-state index in [9.17, 15) is 13.6 Å². The van der Waals surface area contributed by atoms with Crippen LogP contribution in [0.1, 0.15) is 39.5 Å². The normalized spacial score (nSPS) is 13.9. The maximum Gasteiger partial charge on any atom is 0.273 e. The van der Waals surface area contributed by atoms with Gasteiger partial charge in [0.2, 0.25) is 0 Å². The van der Waals surface area contributed by atoms with Crippen LogP contribution in [0.4, 0.5) is 8.78 Å². The van der Waals surface area contributed by atoms with Gasteiger partial charge in [-0.15, -0.1) is 11.3 Å². The molecule has 0 bridgehead atoms. The predicted octanol–water partition coefficient (Wildman–Crippen LogP) is 4.86. The first-order chi connectivity index (χ1) is 14.6. The standard InChI is InChI=1S/C23H23F2N3OS/c24-19-9-7-17(8-10-19)13-27(14-18-5-1-2-6-20(18)25)15-22-26-21(16-30-22)23(29)28-11-3-4-12-28/h1-2,5-10,16H,3-4,11-15H2. The van der Waals surface area contributed by atoms with Gasteiger partial charge in [0, 0.05) is 37.1 Å². The number of hydrogen-bond acceptors (Lipinski definition) is 4. The van der Waals surface area contributed by atoms with Crippen molar-refractivity contribution in [1.29, 1.82) is 0 Å². The number of carbonyl (C=O) groups is 1. The fourth-order valence-corrected chi connectivity index (χ4v) is 4.45. The summed E-state index contributed by atoms with van der Waals surface area (Å²) in [5, 5.41) is 2.60. The molecular weight excluding hydrogens is 404 g/mol. The second kappa shape index (κ2) is 9.45. The third-order valence-corrected chi connectivity index (χ3v) is 6.03. The maximum atomic E-state index is 14.2. The van der Waals surface area contributed by atoms with Crippen molar-refractivity contribution in [3.05, 3.63) is 87.4 Å². The summed E-state index contributed by atoms with van der Waals surface area (Å²) in [6.45, 7) is 2.96. The summed E-state index contributed by atoms with van der Waals surface area (Å²) >= 11 is 1.44. The van der Waals surface area contributed by atoms with Crippen LogP contribution in [0, 0.1) is 11.6 Å². The van der Waals surface area contributed by atoms with Crippen molar-refractivity contribution in [3.63, 3.8) is 0 Å². The minimum absolute atomic E-state index is 0.0193. The van der Waals surface area contributed by atoms with Gasteiger partial charge in [-0.2, -0.15) is 0 Å². The number of carbonyl (C=O) groups excluding carboxylic acids is 1. The smallest absolute Gasteiger partial charge is 0.273 e. The van der Waals surface area contributed by atoms with Gasteiger partial charge in [-0.3, -0.25) is 9.69 Å². The highest BCUT2D eigenvalue weighted by Crippen LogP contribution is 2.20. The molecule has 4 nitrogen and oxygen atoms in total. The highest BCUT2D eigenvalue weighted by molar-refractivity contribution is 7.09. The van der Waals surface area contributed by atoms with E-state index in [0.29, 0.717) is 30.9 Å². The van der Waals surface area contributed by atoms with E-state index in [2.05, 4.69) is 9.88 Å². The van der Waals surface area contributed by atoms with Crippen LogP contribution in [0.5, 0.6) is 0 Å². The number of hydrogen-bond donors (Lipinski definition) is 0. The largest absolute Gasteiger partial charge is 0.337 e. The minimum Gasteiger partial charge on any atom is -0.337 e. The topological polar surface area (TPSA) is 36.4 Å². The van der Waals surface area contributed by atoms with Gasteiger partial charge in [-0.05, 0) is 36.6 Å². The summed E-state index contributed by atoms with van der Waals surface area (Å²) in [5.41, 5.74) is 1.99. The lowest BCUT2D eigenvalue weighted by molar-refractivity contribution is 0.0787. The molecule has 1 saturated heterocycles. The van der Waals surface area contributed by atoms with Crippen molar-refractivity contribution in [2.45, 2.75) is 32.5 Å². The Hall–Kier alpha value is -2.64. The molecule has 0 N–H and O–H groups in total. The zero-order valence-electron chi connectivity index (χ0n) is 16.6. The summed E-state index contributed by atoms with van der Waals surface area (Å²) in [6.07, 6.45) is 2.08. The van der Waals surface area contributed by atoms with Crippen LogP contribution in [0.3, 0.4) is 0 Å². The molecule has 0 aliphatic carbocycles. The SMILES string of the molecule is O=C(c1csc(CN(Cc2ccc(F)cc2)Cc2ccccc2F)n1)N1CCCC1. The molecule has 0 saturated carbocycles. The molecule has 0 radical (unpaired) electrons. The highest BCUT2D eigenvalue weighted by atomic mass is 32.1. The first-order valence-corrected chi connectivity index (χ1v) is 10.9. The molecule has 0 spiro atoms. The van der Waals surface area contributed by atoms with Crippen LogP contribution in [0.15, 0.2) is 53.9 Å². The Morgan fingerprint density at radius 2 is 1.73 bits per heavy atom. The number of aromatic nitrogens is 1. The molecule has 3 aromatic rings. The number of halogens is 2. The average Bonchev–Trinajstić information content (AvgIpc) is 3.43. The van der Waals surface area contributed by atoms with Crippen LogP contribution in [-0.4, -0.2) is 33.8 Å². The second-order valence-corrected chi connectivity index (χ2v) is 8.43. The number of thiazole rings is 1. The molecular formula is C23H23F2N3OS. The zero-order chi connectivity index (χ0) is 20.9. The molecule has 1 aliphatic rings. The third-order valence-electron chi connectivity index (χ3n) is 5.19. The molecule has 156 valence electrons. The lowest BCUT2D eigenvalue weighted by atomic mass is 10.1. The van der Waals surface area contributed by atoms with Gasteiger partial charge in [-0.25, -0.2) is 13.8 Å². The number of amides is 1. The molecule has 0 atom stereocenters. The van der Waals surface area contributed by atoms with Gasteiger partial charge >= 0.3 is 0 Å². The van der Waals surface area contributed by atoms with Crippen LogP contribution >= 0.6 is 11.3 Å². The quantitative estimate of drug-likeness (QED) is 0.540. The van der Waals surface area contributed by atoms with Crippen molar-refractivity contribution in [1.82, 2.24) is 14.8 Å². The number of benzene rings is 2. The summed E-state index contributed by atoms with van der Waals surface area (Å²) in [7, 11) is 0. The van der Waals surface area contributed by atoms with Crippen molar-refractivity contribution >= 4 is 17.2 Å². The van der Waals surface area contributed by atoms with Gasteiger partial charge in [0.15, 0.2) is 0 Å². The summed E-state index contributed by atoms with van der Waals surface area (Å²) in [6, 6.07) is 13.0. The van der Waals surface area contributed by atoms with E-state index in [-0.39, 0.29) is 17.5 Å². The van der Waals surface area contributed by atoms with Crippen molar-refractivity contribution in [2.24, 2.45) is 0 Å². The lowest BCUT2D eigenvalue weighted by Crippen LogP contribution is -2.28. The van der Waals surface area contributed by atoms with E-state index in [4.69, 9.17) is 0 Å². The first-order valence-electron chi connectivity index (χ1n) is 10.0.